The van der Waals surface area contributed by atoms with E-state index in [0.717, 1.165) is 5.69 Å². The molecule has 2 aromatic rings. The quantitative estimate of drug-likeness (QED) is 0.900. The summed E-state index contributed by atoms with van der Waals surface area (Å²) >= 11 is 5.95. The van der Waals surface area contributed by atoms with Crippen LogP contribution in [0.2, 0.25) is 5.02 Å². The number of carboxylic acids is 1. The van der Waals surface area contributed by atoms with Gasteiger partial charge in [0.15, 0.2) is 0 Å². The minimum Gasteiger partial charge on any atom is -0.481 e. The Morgan fingerprint density at radius 3 is 2.87 bits per heavy atom. The largest absolute Gasteiger partial charge is 0.481 e. The number of nitrogens with zero attached hydrogens (tertiary/aromatic N) is 2. The summed E-state index contributed by atoms with van der Waals surface area (Å²) in [7, 11) is 0. The Morgan fingerprint density at radius 1 is 1.35 bits per heavy atom. The molecule has 7 heteroatoms. The zero-order chi connectivity index (χ0) is 16.4. The number of amides is 1. The van der Waals surface area contributed by atoms with Crippen LogP contribution in [0, 0.1) is 5.92 Å². The fourth-order valence-electron chi connectivity index (χ4n) is 2.81. The number of carbonyl (C=O) groups is 2. The molecule has 0 unspecified atom stereocenters. The minimum absolute atomic E-state index is 0.0990. The number of aromatic nitrogens is 2. The highest BCUT2D eigenvalue weighted by Gasteiger charge is 2.30. The van der Waals surface area contributed by atoms with Crippen molar-refractivity contribution >= 4 is 23.5 Å². The predicted octanol–water partition coefficient (Wildman–Crippen LogP) is 2.51. The van der Waals surface area contributed by atoms with Crippen molar-refractivity contribution in [2.45, 2.75) is 25.3 Å². The second kappa shape index (κ2) is 6.42. The molecule has 1 amide bonds. The van der Waals surface area contributed by atoms with Gasteiger partial charge in [-0.2, -0.15) is 5.10 Å². The molecule has 120 valence electrons. The average Bonchev–Trinajstić information content (AvgIpc) is 3.16. The molecule has 0 saturated heterocycles. The van der Waals surface area contributed by atoms with Gasteiger partial charge in [-0.25, -0.2) is 4.68 Å². The SMILES string of the molecule is O=C(N[C@@H]1CC[C@H](C(=O)O)C1)c1cnn(-c2cccc(Cl)c2)c1. The molecule has 1 aromatic heterocycles. The first kappa shape index (κ1) is 15.6. The second-order valence-electron chi connectivity index (χ2n) is 5.67. The van der Waals surface area contributed by atoms with Crippen LogP contribution >= 0.6 is 11.6 Å². The summed E-state index contributed by atoms with van der Waals surface area (Å²) in [5.41, 5.74) is 1.20. The number of halogens is 1. The lowest BCUT2D eigenvalue weighted by Crippen LogP contribution is -2.33. The van der Waals surface area contributed by atoms with Crippen LogP contribution in [-0.4, -0.2) is 32.8 Å². The van der Waals surface area contributed by atoms with Crippen LogP contribution in [0.25, 0.3) is 5.69 Å². The Morgan fingerprint density at radius 2 is 2.17 bits per heavy atom. The first-order chi connectivity index (χ1) is 11.0. The van der Waals surface area contributed by atoms with Crippen molar-refractivity contribution in [3.63, 3.8) is 0 Å². The van der Waals surface area contributed by atoms with Crippen molar-refractivity contribution in [1.82, 2.24) is 15.1 Å². The number of rotatable bonds is 4. The predicted molar refractivity (Wildman–Crippen MR) is 84.8 cm³/mol. The molecule has 23 heavy (non-hydrogen) atoms. The molecule has 0 aliphatic heterocycles. The van der Waals surface area contributed by atoms with E-state index < -0.39 is 5.97 Å². The van der Waals surface area contributed by atoms with Crippen molar-refractivity contribution in [3.8, 4) is 5.69 Å². The van der Waals surface area contributed by atoms with Crippen molar-refractivity contribution in [2.75, 3.05) is 0 Å². The van der Waals surface area contributed by atoms with E-state index in [-0.39, 0.29) is 17.9 Å². The van der Waals surface area contributed by atoms with E-state index in [0.29, 0.717) is 29.8 Å². The Balaban J connectivity index is 1.66. The Kier molecular flexibility index (Phi) is 4.34. The van der Waals surface area contributed by atoms with Gasteiger partial charge in [0.1, 0.15) is 0 Å². The summed E-state index contributed by atoms with van der Waals surface area (Å²) < 4.78 is 1.58. The van der Waals surface area contributed by atoms with Crippen LogP contribution in [0.1, 0.15) is 29.6 Å². The van der Waals surface area contributed by atoms with E-state index in [9.17, 15) is 9.59 Å². The number of nitrogens with one attached hydrogen (secondary N) is 1. The third kappa shape index (κ3) is 3.53. The second-order valence-corrected chi connectivity index (χ2v) is 6.11. The normalized spacial score (nSPS) is 20.4. The van der Waals surface area contributed by atoms with Gasteiger partial charge in [-0.05, 0) is 37.5 Å². The van der Waals surface area contributed by atoms with Crippen molar-refractivity contribution < 1.29 is 14.7 Å². The van der Waals surface area contributed by atoms with E-state index in [1.54, 1.807) is 23.0 Å². The number of hydrogen-bond donors (Lipinski definition) is 2. The van der Waals surface area contributed by atoms with Gasteiger partial charge < -0.3 is 10.4 Å². The molecule has 1 saturated carbocycles. The molecule has 1 aliphatic rings. The number of carboxylic acid groups (broad SMARTS) is 1. The van der Waals surface area contributed by atoms with Crippen LogP contribution in [0.4, 0.5) is 0 Å². The Labute approximate surface area is 138 Å². The monoisotopic (exact) mass is 333 g/mol. The average molecular weight is 334 g/mol. The van der Waals surface area contributed by atoms with E-state index in [2.05, 4.69) is 10.4 Å². The Bertz CT molecular complexity index is 744. The molecule has 1 heterocycles. The van der Waals surface area contributed by atoms with Crippen LogP contribution < -0.4 is 5.32 Å². The highest BCUT2D eigenvalue weighted by molar-refractivity contribution is 6.30. The van der Waals surface area contributed by atoms with Crippen molar-refractivity contribution in [3.05, 3.63) is 47.2 Å². The molecule has 0 spiro atoms. The molecule has 6 nitrogen and oxygen atoms in total. The van der Waals surface area contributed by atoms with Crippen molar-refractivity contribution in [2.24, 2.45) is 5.92 Å². The van der Waals surface area contributed by atoms with Gasteiger partial charge in [0.2, 0.25) is 0 Å². The molecule has 2 N–H and O–H groups in total. The summed E-state index contributed by atoms with van der Waals surface area (Å²) in [4.78, 5) is 23.2. The van der Waals surface area contributed by atoms with Crippen LogP contribution in [0.15, 0.2) is 36.7 Å². The molecule has 1 aromatic carbocycles. The lowest BCUT2D eigenvalue weighted by molar-refractivity contribution is -0.141. The van der Waals surface area contributed by atoms with Gasteiger partial charge in [-0.15, -0.1) is 0 Å². The smallest absolute Gasteiger partial charge is 0.306 e. The third-order valence-corrected chi connectivity index (χ3v) is 4.27. The van der Waals surface area contributed by atoms with Crippen LogP contribution in [-0.2, 0) is 4.79 Å². The summed E-state index contributed by atoms with van der Waals surface area (Å²) in [6, 6.07) is 7.07. The maximum absolute atomic E-state index is 12.3. The lowest BCUT2D eigenvalue weighted by atomic mass is 10.1. The van der Waals surface area contributed by atoms with Crippen molar-refractivity contribution in [1.29, 1.82) is 0 Å². The third-order valence-electron chi connectivity index (χ3n) is 4.03. The summed E-state index contributed by atoms with van der Waals surface area (Å²) in [6.45, 7) is 0. The lowest BCUT2D eigenvalue weighted by Gasteiger charge is -2.11. The number of aliphatic carboxylic acids is 1. The minimum atomic E-state index is -0.796. The molecule has 0 bridgehead atoms. The van der Waals surface area contributed by atoms with Gasteiger partial charge in [-0.1, -0.05) is 17.7 Å². The van der Waals surface area contributed by atoms with E-state index >= 15 is 0 Å². The highest BCUT2D eigenvalue weighted by Crippen LogP contribution is 2.26. The molecule has 3 rings (SSSR count). The van der Waals surface area contributed by atoms with Gasteiger partial charge in [-0.3, -0.25) is 9.59 Å². The number of carbonyl (C=O) groups excluding carboxylic acids is 1. The molecular formula is C16H16ClN3O3. The fourth-order valence-corrected chi connectivity index (χ4v) is 2.99. The molecule has 1 aliphatic carbocycles. The van der Waals surface area contributed by atoms with Gasteiger partial charge in [0.25, 0.3) is 5.91 Å². The maximum Gasteiger partial charge on any atom is 0.306 e. The van der Waals surface area contributed by atoms with Crippen LogP contribution in [0.5, 0.6) is 0 Å². The van der Waals surface area contributed by atoms with Crippen LogP contribution in [0.3, 0.4) is 0 Å². The molecule has 1 fully saturated rings. The first-order valence-corrected chi connectivity index (χ1v) is 7.75. The summed E-state index contributed by atoms with van der Waals surface area (Å²) in [5, 5.41) is 16.6. The highest BCUT2D eigenvalue weighted by atomic mass is 35.5. The summed E-state index contributed by atoms with van der Waals surface area (Å²) in [5.74, 6) is -1.40. The van der Waals surface area contributed by atoms with Gasteiger partial charge in [0.05, 0.1) is 23.4 Å². The van der Waals surface area contributed by atoms with E-state index in [1.807, 2.05) is 12.1 Å². The molecule has 2 atom stereocenters. The zero-order valence-corrected chi connectivity index (χ0v) is 13.0. The number of benzene rings is 1. The molecular weight excluding hydrogens is 318 g/mol. The fraction of sp³-hybridized carbons (Fsp3) is 0.312. The molecule has 0 radical (unpaired) electrons. The van der Waals surface area contributed by atoms with E-state index in [4.69, 9.17) is 16.7 Å². The maximum atomic E-state index is 12.3. The topological polar surface area (TPSA) is 84.2 Å². The van der Waals surface area contributed by atoms with E-state index in [1.165, 1.54) is 6.20 Å². The standard InChI is InChI=1S/C16H16ClN3O3/c17-12-2-1-3-14(7-12)20-9-11(8-18-20)15(21)19-13-5-4-10(6-13)16(22)23/h1-3,7-10,13H,4-6H2,(H,19,21)(H,22,23)/t10-,13+/m0/s1. The first-order valence-electron chi connectivity index (χ1n) is 7.37. The number of hydrogen-bond acceptors (Lipinski definition) is 3. The zero-order valence-electron chi connectivity index (χ0n) is 12.3. The summed E-state index contributed by atoms with van der Waals surface area (Å²) in [6.07, 6.45) is 4.88. The Hall–Kier alpha value is -2.34. The van der Waals surface area contributed by atoms with Gasteiger partial charge in [0, 0.05) is 17.3 Å². The van der Waals surface area contributed by atoms with Gasteiger partial charge >= 0.3 is 5.97 Å².